The standard InChI is InChI=1S/C12H16N2O5S2/c1-8-7-20-10(12(16)19-2)11(8)21(17,18)14-5-3-9(15)13-4-6-14/h7H,3-6H2,1-2H3,(H,13,15). The molecule has 7 nitrogen and oxygen atoms in total. The van der Waals surface area contributed by atoms with Gasteiger partial charge < -0.3 is 10.1 Å². The first-order chi connectivity index (χ1) is 9.87. The van der Waals surface area contributed by atoms with E-state index < -0.39 is 16.0 Å². The van der Waals surface area contributed by atoms with Crippen LogP contribution in [0.15, 0.2) is 10.3 Å². The average molecular weight is 332 g/mol. The van der Waals surface area contributed by atoms with Crippen molar-refractivity contribution >= 4 is 33.2 Å². The highest BCUT2D eigenvalue weighted by Crippen LogP contribution is 2.30. The molecular formula is C12H16N2O5S2. The smallest absolute Gasteiger partial charge is 0.349 e. The quantitative estimate of drug-likeness (QED) is 0.807. The summed E-state index contributed by atoms with van der Waals surface area (Å²) < 4.78 is 31.4. The van der Waals surface area contributed by atoms with Gasteiger partial charge in [0, 0.05) is 26.1 Å². The number of aryl methyl sites for hydroxylation is 1. The number of nitrogens with zero attached hydrogens (tertiary/aromatic N) is 1. The molecule has 2 heterocycles. The van der Waals surface area contributed by atoms with Crippen LogP contribution in [0.3, 0.4) is 0 Å². The normalized spacial score (nSPS) is 17.1. The van der Waals surface area contributed by atoms with Crippen molar-refractivity contribution in [2.24, 2.45) is 0 Å². The maximum atomic E-state index is 12.8. The summed E-state index contributed by atoms with van der Waals surface area (Å²) in [5.74, 6) is -0.848. The Bertz CT molecular complexity index is 665. The third kappa shape index (κ3) is 3.09. The van der Waals surface area contributed by atoms with Gasteiger partial charge in [-0.1, -0.05) is 0 Å². The summed E-state index contributed by atoms with van der Waals surface area (Å²) in [4.78, 5) is 23.1. The van der Waals surface area contributed by atoms with Crippen LogP contribution in [0.1, 0.15) is 21.7 Å². The number of nitrogens with one attached hydrogen (secondary N) is 1. The average Bonchev–Trinajstić information content (AvgIpc) is 2.69. The fourth-order valence-electron chi connectivity index (χ4n) is 2.10. The number of hydrogen-bond donors (Lipinski definition) is 1. The van der Waals surface area contributed by atoms with Gasteiger partial charge in [0.2, 0.25) is 15.9 Å². The van der Waals surface area contributed by atoms with Gasteiger partial charge >= 0.3 is 5.97 Å². The zero-order valence-electron chi connectivity index (χ0n) is 11.7. The van der Waals surface area contributed by atoms with E-state index in [2.05, 4.69) is 10.1 Å². The maximum Gasteiger partial charge on any atom is 0.349 e. The summed E-state index contributed by atoms with van der Waals surface area (Å²) in [6, 6.07) is 0. The van der Waals surface area contributed by atoms with Gasteiger partial charge in [0.15, 0.2) is 0 Å². The molecule has 21 heavy (non-hydrogen) atoms. The number of hydrogen-bond acceptors (Lipinski definition) is 6. The van der Waals surface area contributed by atoms with E-state index in [9.17, 15) is 18.0 Å². The summed E-state index contributed by atoms with van der Waals surface area (Å²) in [6.45, 7) is 2.18. The number of amides is 1. The van der Waals surface area contributed by atoms with Crippen LogP contribution in [0.5, 0.6) is 0 Å². The Morgan fingerprint density at radius 3 is 2.81 bits per heavy atom. The highest BCUT2D eigenvalue weighted by atomic mass is 32.2. The molecule has 0 aliphatic carbocycles. The van der Waals surface area contributed by atoms with Crippen molar-refractivity contribution < 1.29 is 22.7 Å². The van der Waals surface area contributed by atoms with E-state index in [1.807, 2.05) is 0 Å². The molecule has 0 aromatic carbocycles. The molecule has 1 fully saturated rings. The molecule has 1 aliphatic rings. The van der Waals surface area contributed by atoms with Crippen molar-refractivity contribution in [1.29, 1.82) is 0 Å². The van der Waals surface area contributed by atoms with Gasteiger partial charge in [-0.15, -0.1) is 11.3 Å². The molecule has 0 unspecified atom stereocenters. The molecule has 1 saturated heterocycles. The van der Waals surface area contributed by atoms with Crippen molar-refractivity contribution in [2.45, 2.75) is 18.2 Å². The molecule has 1 aromatic rings. The largest absolute Gasteiger partial charge is 0.465 e. The van der Waals surface area contributed by atoms with Gasteiger partial charge in [-0.2, -0.15) is 4.31 Å². The summed E-state index contributed by atoms with van der Waals surface area (Å²) in [5, 5.41) is 4.23. The number of sulfonamides is 1. The Morgan fingerprint density at radius 1 is 1.43 bits per heavy atom. The fraction of sp³-hybridized carbons (Fsp3) is 0.500. The third-order valence-electron chi connectivity index (χ3n) is 3.16. The number of ether oxygens (including phenoxy) is 1. The topological polar surface area (TPSA) is 92.8 Å². The molecule has 0 bridgehead atoms. The summed E-state index contributed by atoms with van der Waals surface area (Å²) >= 11 is 1.04. The molecule has 1 aromatic heterocycles. The van der Waals surface area contributed by atoms with Crippen molar-refractivity contribution in [3.8, 4) is 0 Å². The highest BCUT2D eigenvalue weighted by Gasteiger charge is 2.33. The van der Waals surface area contributed by atoms with Gasteiger partial charge in [-0.05, 0) is 17.9 Å². The van der Waals surface area contributed by atoms with Crippen LogP contribution < -0.4 is 5.32 Å². The molecule has 9 heteroatoms. The van der Waals surface area contributed by atoms with E-state index >= 15 is 0 Å². The number of carbonyl (C=O) groups excluding carboxylic acids is 2. The van der Waals surface area contributed by atoms with Crippen LogP contribution in [0.25, 0.3) is 0 Å². The Kier molecular flexibility index (Phi) is 4.64. The first kappa shape index (κ1) is 15.9. The number of methoxy groups -OCH3 is 1. The maximum absolute atomic E-state index is 12.8. The summed E-state index contributed by atoms with van der Waals surface area (Å²) in [5.41, 5.74) is 0.504. The summed E-state index contributed by atoms with van der Waals surface area (Å²) in [6.07, 6.45) is 0.107. The zero-order chi connectivity index (χ0) is 15.6. The van der Waals surface area contributed by atoms with E-state index in [4.69, 9.17) is 0 Å². The lowest BCUT2D eigenvalue weighted by Crippen LogP contribution is -2.35. The molecule has 0 atom stereocenters. The second-order valence-electron chi connectivity index (χ2n) is 4.57. The predicted molar refractivity (Wildman–Crippen MR) is 76.8 cm³/mol. The lowest BCUT2D eigenvalue weighted by molar-refractivity contribution is -0.120. The van der Waals surface area contributed by atoms with Crippen molar-refractivity contribution in [1.82, 2.24) is 9.62 Å². The Morgan fingerprint density at radius 2 is 2.14 bits per heavy atom. The van der Waals surface area contributed by atoms with Crippen LogP contribution >= 0.6 is 11.3 Å². The number of rotatable bonds is 3. The van der Waals surface area contributed by atoms with E-state index in [-0.39, 0.29) is 41.7 Å². The molecule has 0 radical (unpaired) electrons. The minimum atomic E-state index is -3.83. The first-order valence-electron chi connectivity index (χ1n) is 6.31. The lowest BCUT2D eigenvalue weighted by Gasteiger charge is -2.19. The van der Waals surface area contributed by atoms with Gasteiger partial charge in [0.1, 0.15) is 9.77 Å². The molecule has 116 valence electrons. The minimum Gasteiger partial charge on any atom is -0.465 e. The Hall–Kier alpha value is -1.45. The lowest BCUT2D eigenvalue weighted by atomic mass is 10.3. The zero-order valence-corrected chi connectivity index (χ0v) is 13.3. The molecule has 1 aliphatic heterocycles. The van der Waals surface area contributed by atoms with Crippen molar-refractivity contribution in [2.75, 3.05) is 26.7 Å². The second-order valence-corrected chi connectivity index (χ2v) is 7.33. The van der Waals surface area contributed by atoms with Crippen molar-refractivity contribution in [3.05, 3.63) is 15.8 Å². The highest BCUT2D eigenvalue weighted by molar-refractivity contribution is 7.89. The number of carbonyl (C=O) groups is 2. The van der Waals surface area contributed by atoms with Gasteiger partial charge in [-0.25, -0.2) is 13.2 Å². The van der Waals surface area contributed by atoms with Crippen LogP contribution in [-0.2, 0) is 19.6 Å². The first-order valence-corrected chi connectivity index (χ1v) is 8.63. The van der Waals surface area contributed by atoms with E-state index in [1.165, 1.54) is 11.4 Å². The molecule has 0 saturated carbocycles. The number of esters is 1. The van der Waals surface area contributed by atoms with Crippen LogP contribution in [0.2, 0.25) is 0 Å². The van der Waals surface area contributed by atoms with Crippen LogP contribution in [-0.4, -0.2) is 51.3 Å². The monoisotopic (exact) mass is 332 g/mol. The van der Waals surface area contributed by atoms with Gasteiger partial charge in [0.25, 0.3) is 0 Å². The SMILES string of the molecule is COC(=O)c1scc(C)c1S(=O)(=O)N1CCNC(=O)CC1. The van der Waals surface area contributed by atoms with Gasteiger partial charge in [0.05, 0.1) is 7.11 Å². The van der Waals surface area contributed by atoms with E-state index in [0.29, 0.717) is 5.56 Å². The molecule has 0 spiro atoms. The Balaban J connectivity index is 2.42. The predicted octanol–water partition coefficient (Wildman–Crippen LogP) is 0.354. The van der Waals surface area contributed by atoms with Crippen molar-refractivity contribution in [3.63, 3.8) is 0 Å². The summed E-state index contributed by atoms with van der Waals surface area (Å²) in [7, 11) is -2.62. The fourth-order valence-corrected chi connectivity index (χ4v) is 5.20. The second kappa shape index (κ2) is 6.12. The third-order valence-corrected chi connectivity index (χ3v) is 6.45. The molecule has 2 rings (SSSR count). The number of thiophene rings is 1. The van der Waals surface area contributed by atoms with E-state index in [1.54, 1.807) is 12.3 Å². The van der Waals surface area contributed by atoms with Crippen LogP contribution in [0.4, 0.5) is 0 Å². The van der Waals surface area contributed by atoms with Gasteiger partial charge in [-0.3, -0.25) is 4.79 Å². The minimum absolute atomic E-state index is 0.0197. The molecular weight excluding hydrogens is 316 g/mol. The molecule has 1 N–H and O–H groups in total. The van der Waals surface area contributed by atoms with E-state index in [0.717, 1.165) is 11.3 Å². The molecule has 1 amide bonds. The Labute approximate surface area is 126 Å². The van der Waals surface area contributed by atoms with Crippen LogP contribution in [0, 0.1) is 6.92 Å².